The maximum atomic E-state index is 6.11. The first kappa shape index (κ1) is 14.1. The van der Waals surface area contributed by atoms with Crippen LogP contribution in [0.3, 0.4) is 0 Å². The second-order valence-electron chi connectivity index (χ2n) is 5.56. The van der Waals surface area contributed by atoms with Crippen molar-refractivity contribution in [1.82, 2.24) is 4.98 Å². The normalized spacial score (nSPS) is 21.4. The van der Waals surface area contributed by atoms with Crippen molar-refractivity contribution in [3.63, 3.8) is 0 Å². The van der Waals surface area contributed by atoms with Crippen LogP contribution >= 0.6 is 23.2 Å². The predicted molar refractivity (Wildman–Crippen MR) is 74.7 cm³/mol. The van der Waals surface area contributed by atoms with Gasteiger partial charge in [0.15, 0.2) is 0 Å². The van der Waals surface area contributed by atoms with E-state index >= 15 is 0 Å². The van der Waals surface area contributed by atoms with E-state index in [-0.39, 0.29) is 0 Å². The second-order valence-corrected chi connectivity index (χ2v) is 6.28. The molecule has 0 unspecified atom stereocenters. The molecular weight excluding hydrogens is 272 g/mol. The summed E-state index contributed by atoms with van der Waals surface area (Å²) in [6, 6.07) is 1.86. The first-order chi connectivity index (χ1) is 8.14. The summed E-state index contributed by atoms with van der Waals surface area (Å²) in [6.07, 6.45) is 0. The molecule has 6 heteroatoms. The minimum atomic E-state index is -0.508. The van der Waals surface area contributed by atoms with E-state index in [0.29, 0.717) is 10.3 Å². The summed E-state index contributed by atoms with van der Waals surface area (Å²) >= 11 is 12.0. The van der Waals surface area contributed by atoms with Crippen molar-refractivity contribution in [2.45, 2.75) is 45.8 Å². The number of hydrogen-bond acceptors (Lipinski definition) is 3. The van der Waals surface area contributed by atoms with Crippen LogP contribution in [-0.2, 0) is 9.31 Å². The smallest absolute Gasteiger partial charge is 0.399 e. The molecule has 0 amide bonds. The van der Waals surface area contributed by atoms with Gasteiger partial charge >= 0.3 is 7.12 Å². The summed E-state index contributed by atoms with van der Waals surface area (Å²) in [5, 5.41) is 0.726. The number of rotatable bonds is 1. The number of aromatic nitrogens is 1. The zero-order chi connectivity index (χ0) is 13.7. The summed E-state index contributed by atoms with van der Waals surface area (Å²) in [7, 11) is -0.508. The third-order valence-corrected chi connectivity index (χ3v) is 4.32. The van der Waals surface area contributed by atoms with Gasteiger partial charge in [0.05, 0.1) is 11.2 Å². The van der Waals surface area contributed by atoms with Gasteiger partial charge in [-0.3, -0.25) is 0 Å². The van der Waals surface area contributed by atoms with E-state index in [4.69, 9.17) is 32.5 Å². The monoisotopic (exact) mass is 287 g/mol. The van der Waals surface area contributed by atoms with Crippen LogP contribution in [0.15, 0.2) is 6.07 Å². The maximum Gasteiger partial charge on any atom is 0.498 e. The average molecular weight is 288 g/mol. The van der Waals surface area contributed by atoms with Crippen molar-refractivity contribution in [3.8, 4) is 0 Å². The van der Waals surface area contributed by atoms with Crippen molar-refractivity contribution in [1.29, 1.82) is 0 Å². The molecule has 0 saturated carbocycles. The summed E-state index contributed by atoms with van der Waals surface area (Å²) in [4.78, 5) is 4.08. The fraction of sp³-hybridized carbons (Fsp3) is 0.583. The third-order valence-electron chi connectivity index (χ3n) is 3.64. The predicted octanol–water partition coefficient (Wildman–Crippen LogP) is 3.00. The van der Waals surface area contributed by atoms with Crippen LogP contribution in [0, 0.1) is 6.92 Å². The Morgan fingerprint density at radius 1 is 1.06 bits per heavy atom. The molecule has 2 rings (SSSR count). The fourth-order valence-electron chi connectivity index (χ4n) is 1.73. The van der Waals surface area contributed by atoms with Crippen molar-refractivity contribution in [2.24, 2.45) is 0 Å². The minimum absolute atomic E-state index is 0.323. The molecule has 18 heavy (non-hydrogen) atoms. The highest BCUT2D eigenvalue weighted by Gasteiger charge is 2.52. The van der Waals surface area contributed by atoms with Gasteiger partial charge in [-0.05, 0) is 40.2 Å². The van der Waals surface area contributed by atoms with Gasteiger partial charge in [0.2, 0.25) is 0 Å². The number of hydrogen-bond donors (Lipinski definition) is 0. The quantitative estimate of drug-likeness (QED) is 0.588. The van der Waals surface area contributed by atoms with E-state index in [9.17, 15) is 0 Å². The molecule has 0 aliphatic carbocycles. The van der Waals surface area contributed by atoms with Gasteiger partial charge in [0, 0.05) is 5.46 Å². The van der Waals surface area contributed by atoms with Crippen molar-refractivity contribution in [3.05, 3.63) is 21.9 Å². The lowest BCUT2D eigenvalue weighted by Gasteiger charge is -2.32. The van der Waals surface area contributed by atoms with Crippen molar-refractivity contribution >= 4 is 35.8 Å². The number of halogens is 2. The van der Waals surface area contributed by atoms with E-state index in [2.05, 4.69) is 4.98 Å². The zero-order valence-corrected chi connectivity index (χ0v) is 12.7. The van der Waals surface area contributed by atoms with E-state index < -0.39 is 18.3 Å². The summed E-state index contributed by atoms with van der Waals surface area (Å²) < 4.78 is 11.9. The molecule has 1 fully saturated rings. The Kier molecular flexibility index (Phi) is 3.44. The Labute approximate surface area is 118 Å². The molecule has 98 valence electrons. The van der Waals surface area contributed by atoms with Crippen LogP contribution in [0.1, 0.15) is 33.3 Å². The van der Waals surface area contributed by atoms with Gasteiger partial charge in [0.25, 0.3) is 0 Å². The van der Waals surface area contributed by atoms with E-state index in [1.54, 1.807) is 0 Å². The van der Waals surface area contributed by atoms with Gasteiger partial charge in [-0.15, -0.1) is 0 Å². The molecule has 0 N–H and O–H groups in total. The van der Waals surface area contributed by atoms with Gasteiger partial charge in [0.1, 0.15) is 10.3 Å². The van der Waals surface area contributed by atoms with Crippen molar-refractivity contribution < 1.29 is 9.31 Å². The van der Waals surface area contributed by atoms with Gasteiger partial charge in [-0.25, -0.2) is 4.98 Å². The molecule has 0 aromatic carbocycles. The highest BCUT2D eigenvalue weighted by atomic mass is 35.5. The Balaban J connectivity index is 2.38. The van der Waals surface area contributed by atoms with E-state index in [1.807, 2.05) is 40.7 Å². The highest BCUT2D eigenvalue weighted by molar-refractivity contribution is 6.65. The molecule has 1 aliphatic rings. The largest absolute Gasteiger partial charge is 0.498 e. The lowest BCUT2D eigenvalue weighted by molar-refractivity contribution is 0.00578. The lowest BCUT2D eigenvalue weighted by atomic mass is 9.80. The van der Waals surface area contributed by atoms with Gasteiger partial charge in [-0.1, -0.05) is 29.3 Å². The summed E-state index contributed by atoms with van der Waals surface area (Å²) in [5.74, 6) is 0. The Bertz CT molecular complexity index is 475. The van der Waals surface area contributed by atoms with Crippen LogP contribution in [0.5, 0.6) is 0 Å². The van der Waals surface area contributed by atoms with Crippen LogP contribution < -0.4 is 5.46 Å². The molecule has 1 aromatic heterocycles. The zero-order valence-electron chi connectivity index (χ0n) is 11.2. The van der Waals surface area contributed by atoms with E-state index in [0.717, 1.165) is 11.0 Å². The van der Waals surface area contributed by atoms with Crippen LogP contribution in [-0.4, -0.2) is 23.3 Å². The minimum Gasteiger partial charge on any atom is -0.399 e. The highest BCUT2D eigenvalue weighted by Crippen LogP contribution is 2.37. The molecule has 0 atom stereocenters. The Morgan fingerprint density at radius 2 is 1.56 bits per heavy atom. The molecule has 3 nitrogen and oxygen atoms in total. The number of aryl methyl sites for hydroxylation is 1. The standard InChI is InChI=1S/C12H16BCl2NO2/c1-7-6-8(10(15)16-9(7)14)13-17-11(2,3)12(4,5)18-13/h6H,1-5H3. The van der Waals surface area contributed by atoms with E-state index in [1.165, 1.54) is 0 Å². The molecule has 1 aromatic rings. The maximum absolute atomic E-state index is 6.11. The Morgan fingerprint density at radius 3 is 2.06 bits per heavy atom. The molecular formula is C12H16BCl2NO2. The third kappa shape index (κ3) is 2.27. The molecule has 0 spiro atoms. The molecule has 1 saturated heterocycles. The lowest BCUT2D eigenvalue weighted by Crippen LogP contribution is -2.41. The second kappa shape index (κ2) is 4.38. The molecule has 2 heterocycles. The first-order valence-corrected chi connectivity index (χ1v) is 6.58. The average Bonchev–Trinajstić information content (AvgIpc) is 2.42. The summed E-state index contributed by atoms with van der Waals surface area (Å²) in [6.45, 7) is 9.86. The van der Waals surface area contributed by atoms with Crippen LogP contribution in [0.4, 0.5) is 0 Å². The van der Waals surface area contributed by atoms with Crippen LogP contribution in [0.25, 0.3) is 0 Å². The molecule has 1 aliphatic heterocycles. The first-order valence-electron chi connectivity index (χ1n) is 5.82. The fourth-order valence-corrected chi connectivity index (χ4v) is 2.14. The number of nitrogens with zero attached hydrogens (tertiary/aromatic N) is 1. The molecule has 0 radical (unpaired) electrons. The van der Waals surface area contributed by atoms with Crippen LogP contribution in [0.2, 0.25) is 10.3 Å². The topological polar surface area (TPSA) is 31.4 Å². The summed E-state index contributed by atoms with van der Waals surface area (Å²) in [5.41, 5.74) is 0.784. The SMILES string of the molecule is Cc1cc(B2OC(C)(C)C(C)(C)O2)c(Cl)nc1Cl. The number of pyridine rings is 1. The van der Waals surface area contributed by atoms with Crippen molar-refractivity contribution in [2.75, 3.05) is 0 Å². The molecule has 0 bridgehead atoms. The Hall–Kier alpha value is -0.285. The van der Waals surface area contributed by atoms with Gasteiger partial charge < -0.3 is 9.31 Å². The van der Waals surface area contributed by atoms with Gasteiger partial charge in [-0.2, -0.15) is 0 Å².